The Balaban J connectivity index is 2.04. The van der Waals surface area contributed by atoms with Gasteiger partial charge in [-0.2, -0.15) is 0 Å². The van der Waals surface area contributed by atoms with E-state index in [1.54, 1.807) is 17.4 Å². The smallest absolute Gasteiger partial charge is 0.307 e. The number of ether oxygens (including phenoxy) is 1. The van der Waals surface area contributed by atoms with Crippen LogP contribution in [0.15, 0.2) is 28.9 Å². The van der Waals surface area contributed by atoms with Gasteiger partial charge in [-0.15, -0.1) is 0 Å². The molecule has 0 radical (unpaired) electrons. The number of fused-ring (bicyclic) bond motifs is 4. The minimum Gasteiger partial charge on any atom is -0.431 e. The number of aromatic nitrogens is 2. The molecule has 4 rings (SSSR count). The molecular weight excluding hydrogens is 368 g/mol. The Kier molecular flexibility index (Phi) is 4.74. The highest BCUT2D eigenvalue weighted by Crippen LogP contribution is 2.29. The van der Waals surface area contributed by atoms with E-state index in [1.165, 1.54) is 6.92 Å². The van der Waals surface area contributed by atoms with Crippen LogP contribution in [0.25, 0.3) is 22.5 Å². The first kappa shape index (κ1) is 19.3. The van der Waals surface area contributed by atoms with Crippen LogP contribution >= 0.6 is 0 Å². The van der Waals surface area contributed by atoms with E-state index in [4.69, 9.17) is 9.72 Å². The molecule has 1 aliphatic rings. The van der Waals surface area contributed by atoms with Crippen molar-refractivity contribution in [3.8, 4) is 0 Å². The molecule has 3 heterocycles. The van der Waals surface area contributed by atoms with Gasteiger partial charge in [0, 0.05) is 30.5 Å². The van der Waals surface area contributed by atoms with Gasteiger partial charge in [-0.25, -0.2) is 4.98 Å². The number of aliphatic hydroxyl groups excluding tert-OH is 1. The van der Waals surface area contributed by atoms with Crippen molar-refractivity contribution in [3.05, 3.63) is 62.1 Å². The lowest BCUT2D eigenvalue weighted by Gasteiger charge is -2.15. The van der Waals surface area contributed by atoms with Gasteiger partial charge >= 0.3 is 5.97 Å². The van der Waals surface area contributed by atoms with E-state index in [2.05, 4.69) is 6.92 Å². The van der Waals surface area contributed by atoms with Crippen LogP contribution in [0.2, 0.25) is 0 Å². The highest BCUT2D eigenvalue weighted by atomic mass is 16.5. The number of hydrogen-bond donors (Lipinski definition) is 1. The Morgan fingerprint density at radius 2 is 2.10 bits per heavy atom. The first-order valence-electron chi connectivity index (χ1n) is 9.93. The number of pyridine rings is 2. The largest absolute Gasteiger partial charge is 0.431 e. The molecule has 0 amide bonds. The second-order valence-corrected chi connectivity index (χ2v) is 7.48. The zero-order valence-corrected chi connectivity index (χ0v) is 17.1. The monoisotopic (exact) mass is 392 g/mol. The third-order valence-corrected chi connectivity index (χ3v) is 5.66. The molecule has 0 fully saturated rings. The van der Waals surface area contributed by atoms with Crippen LogP contribution in [0.1, 0.15) is 55.5 Å². The zero-order valence-electron chi connectivity index (χ0n) is 17.1. The van der Waals surface area contributed by atoms with Crippen LogP contribution < -0.4 is 10.9 Å². The van der Waals surface area contributed by atoms with E-state index < -0.39 is 6.10 Å². The van der Waals surface area contributed by atoms with Crippen LogP contribution in [-0.2, 0) is 22.4 Å². The molecule has 1 N–H and O–H groups in total. The molecule has 1 atom stereocenters. The lowest BCUT2D eigenvalue weighted by atomic mass is 9.96. The fourth-order valence-corrected chi connectivity index (χ4v) is 4.19. The molecule has 6 heteroatoms. The predicted molar refractivity (Wildman–Crippen MR) is 112 cm³/mol. The molecular formula is C23H24N2O4. The quantitative estimate of drug-likeness (QED) is 0.691. The average molecular weight is 392 g/mol. The summed E-state index contributed by atoms with van der Waals surface area (Å²) in [7, 11) is 0. The van der Waals surface area contributed by atoms with E-state index in [0.717, 1.165) is 33.8 Å². The van der Waals surface area contributed by atoms with Gasteiger partial charge in [0.2, 0.25) is 0 Å². The number of esters is 1. The first-order chi connectivity index (χ1) is 13.8. The van der Waals surface area contributed by atoms with Gasteiger partial charge in [-0.1, -0.05) is 13.8 Å². The van der Waals surface area contributed by atoms with E-state index in [0.29, 0.717) is 35.2 Å². The Morgan fingerprint density at radius 1 is 1.34 bits per heavy atom. The summed E-state index contributed by atoms with van der Waals surface area (Å²) in [6.45, 7) is 7.10. The number of aryl methyl sites for hydroxylation is 1. The number of carbonyl (C=O) groups is 1. The third-order valence-electron chi connectivity index (χ3n) is 5.66. The van der Waals surface area contributed by atoms with Gasteiger partial charge in [0.1, 0.15) is 5.76 Å². The minimum absolute atomic E-state index is 0.134. The van der Waals surface area contributed by atoms with E-state index in [1.807, 2.05) is 25.3 Å². The predicted octanol–water partition coefficient (Wildman–Crippen LogP) is 2.66. The Bertz CT molecular complexity index is 1300. The molecule has 0 spiro atoms. The summed E-state index contributed by atoms with van der Waals surface area (Å²) >= 11 is 0. The molecule has 3 aromatic rings. The molecule has 0 bridgehead atoms. The van der Waals surface area contributed by atoms with Gasteiger partial charge in [0.25, 0.3) is 5.56 Å². The molecule has 1 unspecified atom stereocenters. The molecule has 0 saturated carbocycles. The van der Waals surface area contributed by atoms with Crippen LogP contribution in [-0.4, -0.2) is 20.5 Å². The fourth-order valence-electron chi connectivity index (χ4n) is 4.19. The van der Waals surface area contributed by atoms with Crippen molar-refractivity contribution in [1.82, 2.24) is 9.38 Å². The third kappa shape index (κ3) is 3.04. The first-order valence-corrected chi connectivity index (χ1v) is 9.93. The van der Waals surface area contributed by atoms with Crippen molar-refractivity contribution in [2.24, 2.45) is 0 Å². The van der Waals surface area contributed by atoms with Crippen LogP contribution in [0, 0.1) is 6.92 Å². The van der Waals surface area contributed by atoms with Crippen molar-refractivity contribution in [2.45, 2.75) is 53.1 Å². The van der Waals surface area contributed by atoms with Gasteiger partial charge < -0.3 is 9.84 Å². The minimum atomic E-state index is -0.679. The maximum atomic E-state index is 13.0. The maximum Gasteiger partial charge on any atom is 0.307 e. The normalized spacial score (nSPS) is 14.4. The van der Waals surface area contributed by atoms with Gasteiger partial charge in [-0.3, -0.25) is 14.0 Å². The molecule has 0 aromatic carbocycles. The summed E-state index contributed by atoms with van der Waals surface area (Å²) < 4.78 is 6.92. The van der Waals surface area contributed by atoms with Crippen molar-refractivity contribution in [3.63, 3.8) is 0 Å². The number of hydrogen-bond acceptors (Lipinski definition) is 5. The Morgan fingerprint density at radius 3 is 2.76 bits per heavy atom. The second kappa shape index (κ2) is 7.12. The van der Waals surface area contributed by atoms with E-state index >= 15 is 0 Å². The molecule has 0 aliphatic heterocycles. The van der Waals surface area contributed by atoms with Crippen LogP contribution in [0.4, 0.5) is 0 Å². The van der Waals surface area contributed by atoms with E-state index in [-0.39, 0.29) is 11.5 Å². The highest BCUT2D eigenvalue weighted by Gasteiger charge is 2.21. The average Bonchev–Trinajstić information content (AvgIpc) is 3.06. The highest BCUT2D eigenvalue weighted by molar-refractivity contribution is 5.97. The van der Waals surface area contributed by atoms with Crippen molar-refractivity contribution >= 4 is 28.5 Å². The number of rotatable bonds is 4. The van der Waals surface area contributed by atoms with Crippen molar-refractivity contribution in [1.29, 1.82) is 0 Å². The van der Waals surface area contributed by atoms with E-state index in [9.17, 15) is 14.7 Å². The summed E-state index contributed by atoms with van der Waals surface area (Å²) in [5.41, 5.74) is 4.65. The number of aliphatic hydroxyl groups is 1. The van der Waals surface area contributed by atoms with Gasteiger partial charge in [0.15, 0.2) is 0 Å². The standard InChI is InChI=1S/C23H24N2O4/c1-5-15-17-9-14(29-13(4)26)7-8-19(17)24-22-18(15)11-25-20(22)10-16(21(27)6-2)12(3)23(25)28/h7-8,10-11,21,27H,5-6,9H2,1-4H3. The molecule has 6 nitrogen and oxygen atoms in total. The zero-order chi connectivity index (χ0) is 20.9. The van der Waals surface area contributed by atoms with Crippen molar-refractivity contribution < 1.29 is 14.6 Å². The number of allylic oxidation sites excluding steroid dienone is 2. The SMILES string of the molecule is CCc1c2c(nc3c1cn1c(=O)c(C)c(C(O)CC)cc31)=CC=C(OC(C)=O)C2. The molecule has 3 aromatic heterocycles. The summed E-state index contributed by atoms with van der Waals surface area (Å²) in [5.74, 6) is 0.251. The molecule has 150 valence electrons. The van der Waals surface area contributed by atoms with Crippen LogP contribution in [0.3, 0.4) is 0 Å². The Hall–Kier alpha value is -2.99. The molecule has 29 heavy (non-hydrogen) atoms. The number of nitrogens with zero attached hydrogens (tertiary/aromatic N) is 2. The maximum absolute atomic E-state index is 13.0. The second-order valence-electron chi connectivity index (χ2n) is 7.48. The van der Waals surface area contributed by atoms with Crippen LogP contribution in [0.5, 0.6) is 0 Å². The fraction of sp³-hybridized carbons (Fsp3) is 0.348. The molecule has 0 saturated heterocycles. The lowest BCUT2D eigenvalue weighted by molar-refractivity contribution is -0.137. The number of carbonyl (C=O) groups excluding carboxylic acids is 1. The summed E-state index contributed by atoms with van der Waals surface area (Å²) in [6.07, 6.45) is 6.59. The summed E-state index contributed by atoms with van der Waals surface area (Å²) in [5, 5.41) is 12.1. The summed E-state index contributed by atoms with van der Waals surface area (Å²) in [4.78, 5) is 29.2. The van der Waals surface area contributed by atoms with Gasteiger partial charge in [-0.05, 0) is 54.7 Å². The van der Waals surface area contributed by atoms with Crippen molar-refractivity contribution in [2.75, 3.05) is 0 Å². The Labute approximate surface area is 168 Å². The van der Waals surface area contributed by atoms with Gasteiger partial charge in [0.05, 0.1) is 22.5 Å². The lowest BCUT2D eigenvalue weighted by Crippen LogP contribution is -2.21. The topological polar surface area (TPSA) is 80.9 Å². The molecule has 1 aliphatic carbocycles. The summed E-state index contributed by atoms with van der Waals surface area (Å²) in [6, 6.07) is 1.88.